The molecule has 2 nitrogen and oxygen atoms in total. The second-order valence-electron chi connectivity index (χ2n) is 4.04. The number of hydrogen-bond acceptors (Lipinski definition) is 2. The molecule has 1 heterocycles. The number of hydrogen-bond donors (Lipinski definition) is 0. The molecule has 0 N–H and O–H groups in total. The SMILES string of the molecule is Fc1ccc(-c2cnc(-c3ccc(Cl)cc3)o2)cc1. The van der Waals surface area contributed by atoms with Crippen molar-refractivity contribution in [3.05, 3.63) is 65.6 Å². The predicted molar refractivity (Wildman–Crippen MR) is 72.3 cm³/mol. The first-order chi connectivity index (χ1) is 9.22. The fourth-order valence-electron chi connectivity index (χ4n) is 1.75. The fraction of sp³-hybridized carbons (Fsp3) is 0. The molecule has 0 aliphatic heterocycles. The van der Waals surface area contributed by atoms with Gasteiger partial charge in [-0.05, 0) is 48.5 Å². The van der Waals surface area contributed by atoms with Crippen LogP contribution < -0.4 is 0 Å². The Labute approximate surface area is 114 Å². The smallest absolute Gasteiger partial charge is 0.226 e. The third-order valence-corrected chi connectivity index (χ3v) is 2.98. The highest BCUT2D eigenvalue weighted by atomic mass is 35.5. The molecule has 0 radical (unpaired) electrons. The summed E-state index contributed by atoms with van der Waals surface area (Å²) < 4.78 is 18.5. The summed E-state index contributed by atoms with van der Waals surface area (Å²) in [5.74, 6) is 0.835. The van der Waals surface area contributed by atoms with Gasteiger partial charge in [0.1, 0.15) is 5.82 Å². The van der Waals surface area contributed by atoms with E-state index in [1.807, 2.05) is 12.1 Å². The first kappa shape index (κ1) is 11.9. The number of halogens is 2. The number of aromatic nitrogens is 1. The van der Waals surface area contributed by atoms with Gasteiger partial charge in [-0.2, -0.15) is 0 Å². The average Bonchev–Trinajstić information content (AvgIpc) is 2.90. The Morgan fingerprint density at radius 3 is 2.21 bits per heavy atom. The monoisotopic (exact) mass is 273 g/mol. The lowest BCUT2D eigenvalue weighted by atomic mass is 10.2. The molecule has 0 saturated carbocycles. The Kier molecular flexibility index (Phi) is 3.05. The Balaban J connectivity index is 1.95. The van der Waals surface area contributed by atoms with E-state index in [1.54, 1.807) is 30.5 Å². The van der Waals surface area contributed by atoms with Crippen LogP contribution in [0.15, 0.2) is 59.1 Å². The van der Waals surface area contributed by atoms with Gasteiger partial charge in [0.25, 0.3) is 0 Å². The molecule has 4 heteroatoms. The zero-order chi connectivity index (χ0) is 13.2. The number of nitrogens with zero attached hydrogens (tertiary/aromatic N) is 1. The first-order valence-corrected chi connectivity index (χ1v) is 6.08. The normalized spacial score (nSPS) is 10.6. The molecule has 0 amide bonds. The summed E-state index contributed by atoms with van der Waals surface area (Å²) in [6.45, 7) is 0. The van der Waals surface area contributed by atoms with E-state index in [0.717, 1.165) is 11.1 Å². The molecular weight excluding hydrogens is 265 g/mol. The molecule has 0 unspecified atom stereocenters. The van der Waals surface area contributed by atoms with Crippen molar-refractivity contribution in [3.63, 3.8) is 0 Å². The molecule has 0 aliphatic rings. The Hall–Kier alpha value is -2.13. The van der Waals surface area contributed by atoms with Crippen molar-refractivity contribution >= 4 is 11.6 Å². The van der Waals surface area contributed by atoms with Crippen LogP contribution in [-0.2, 0) is 0 Å². The predicted octanol–water partition coefficient (Wildman–Crippen LogP) is 4.80. The van der Waals surface area contributed by atoms with Gasteiger partial charge in [0, 0.05) is 16.1 Å². The van der Waals surface area contributed by atoms with E-state index < -0.39 is 0 Å². The summed E-state index contributed by atoms with van der Waals surface area (Å²) in [6, 6.07) is 13.3. The Morgan fingerprint density at radius 1 is 0.895 bits per heavy atom. The van der Waals surface area contributed by atoms with Crippen molar-refractivity contribution in [2.45, 2.75) is 0 Å². The van der Waals surface area contributed by atoms with Crippen molar-refractivity contribution in [2.24, 2.45) is 0 Å². The highest BCUT2D eigenvalue weighted by Gasteiger charge is 2.08. The number of oxazole rings is 1. The standard InChI is InChI=1S/C15H9ClFNO/c16-12-5-1-11(2-6-12)15-18-9-14(19-15)10-3-7-13(17)8-4-10/h1-9H. The van der Waals surface area contributed by atoms with Crippen LogP contribution in [-0.4, -0.2) is 4.98 Å². The van der Waals surface area contributed by atoms with Crippen LogP contribution in [0.4, 0.5) is 4.39 Å². The van der Waals surface area contributed by atoms with Crippen molar-refractivity contribution in [1.29, 1.82) is 0 Å². The highest BCUT2D eigenvalue weighted by Crippen LogP contribution is 2.26. The maximum atomic E-state index is 12.9. The number of benzene rings is 2. The molecule has 0 fully saturated rings. The third-order valence-electron chi connectivity index (χ3n) is 2.73. The lowest BCUT2D eigenvalue weighted by molar-refractivity contribution is 0.588. The molecule has 0 aliphatic carbocycles. The second kappa shape index (κ2) is 4.86. The zero-order valence-corrected chi connectivity index (χ0v) is 10.6. The van der Waals surface area contributed by atoms with Crippen molar-refractivity contribution in [2.75, 3.05) is 0 Å². The second-order valence-corrected chi connectivity index (χ2v) is 4.48. The molecule has 19 heavy (non-hydrogen) atoms. The molecule has 94 valence electrons. The molecule has 0 bridgehead atoms. The van der Waals surface area contributed by atoms with E-state index in [1.165, 1.54) is 12.1 Å². The summed E-state index contributed by atoms with van der Waals surface area (Å²) >= 11 is 5.83. The minimum atomic E-state index is -0.277. The van der Waals surface area contributed by atoms with Crippen LogP contribution in [0.25, 0.3) is 22.8 Å². The molecule has 3 rings (SSSR count). The van der Waals surface area contributed by atoms with Gasteiger partial charge < -0.3 is 4.42 Å². The lowest BCUT2D eigenvalue weighted by Gasteiger charge is -1.97. The topological polar surface area (TPSA) is 26.0 Å². The maximum Gasteiger partial charge on any atom is 0.226 e. The summed E-state index contributed by atoms with van der Waals surface area (Å²) in [4.78, 5) is 4.21. The van der Waals surface area contributed by atoms with Gasteiger partial charge in [0.05, 0.1) is 6.20 Å². The van der Waals surface area contributed by atoms with E-state index >= 15 is 0 Å². The van der Waals surface area contributed by atoms with Gasteiger partial charge in [0.15, 0.2) is 5.76 Å². The van der Waals surface area contributed by atoms with Gasteiger partial charge in [-0.3, -0.25) is 0 Å². The molecular formula is C15H9ClFNO. The summed E-state index contributed by atoms with van der Waals surface area (Å²) in [7, 11) is 0. The van der Waals surface area contributed by atoms with E-state index in [4.69, 9.17) is 16.0 Å². The third kappa shape index (κ3) is 2.51. The van der Waals surface area contributed by atoms with Crippen LogP contribution in [0.3, 0.4) is 0 Å². The van der Waals surface area contributed by atoms with Crippen LogP contribution in [0.5, 0.6) is 0 Å². The molecule has 3 aromatic rings. The highest BCUT2D eigenvalue weighted by molar-refractivity contribution is 6.30. The van der Waals surface area contributed by atoms with E-state index in [-0.39, 0.29) is 5.82 Å². The van der Waals surface area contributed by atoms with E-state index in [0.29, 0.717) is 16.7 Å². The molecule has 0 saturated heterocycles. The van der Waals surface area contributed by atoms with Gasteiger partial charge in [-0.25, -0.2) is 9.37 Å². The van der Waals surface area contributed by atoms with E-state index in [9.17, 15) is 4.39 Å². The fourth-order valence-corrected chi connectivity index (χ4v) is 1.87. The summed E-state index contributed by atoms with van der Waals surface area (Å²) in [5, 5.41) is 0.661. The largest absolute Gasteiger partial charge is 0.436 e. The minimum Gasteiger partial charge on any atom is -0.436 e. The van der Waals surface area contributed by atoms with Crippen molar-refractivity contribution < 1.29 is 8.81 Å². The van der Waals surface area contributed by atoms with Crippen molar-refractivity contribution in [1.82, 2.24) is 4.98 Å². The Morgan fingerprint density at radius 2 is 1.53 bits per heavy atom. The van der Waals surface area contributed by atoms with E-state index in [2.05, 4.69) is 4.98 Å². The average molecular weight is 274 g/mol. The maximum absolute atomic E-state index is 12.9. The van der Waals surface area contributed by atoms with Gasteiger partial charge in [-0.1, -0.05) is 11.6 Å². The van der Waals surface area contributed by atoms with Gasteiger partial charge in [-0.15, -0.1) is 0 Å². The van der Waals surface area contributed by atoms with Crippen LogP contribution in [0, 0.1) is 5.82 Å². The summed E-state index contributed by atoms with van der Waals surface area (Å²) in [5.41, 5.74) is 1.63. The van der Waals surface area contributed by atoms with Gasteiger partial charge in [0.2, 0.25) is 5.89 Å². The quantitative estimate of drug-likeness (QED) is 0.670. The Bertz CT molecular complexity index is 629. The zero-order valence-electron chi connectivity index (χ0n) is 9.81. The molecule has 2 aromatic carbocycles. The molecule has 1 aromatic heterocycles. The van der Waals surface area contributed by atoms with Crippen LogP contribution in [0.1, 0.15) is 0 Å². The van der Waals surface area contributed by atoms with Crippen LogP contribution >= 0.6 is 11.6 Å². The molecule has 0 spiro atoms. The van der Waals surface area contributed by atoms with Gasteiger partial charge >= 0.3 is 0 Å². The van der Waals surface area contributed by atoms with Crippen LogP contribution in [0.2, 0.25) is 5.02 Å². The molecule has 0 atom stereocenters. The lowest BCUT2D eigenvalue weighted by Crippen LogP contribution is -1.76. The summed E-state index contributed by atoms with van der Waals surface area (Å²) in [6.07, 6.45) is 1.62. The minimum absolute atomic E-state index is 0.277. The first-order valence-electron chi connectivity index (χ1n) is 5.70. The van der Waals surface area contributed by atoms with Crippen molar-refractivity contribution in [3.8, 4) is 22.8 Å². The number of rotatable bonds is 2.